The average Bonchev–Trinajstić information content (AvgIpc) is 2.75. The lowest BCUT2D eigenvalue weighted by molar-refractivity contribution is -0.132. The molecular weight excluding hydrogens is 374 g/mol. The fraction of sp³-hybridized carbons (Fsp3) is 0.200. The van der Waals surface area contributed by atoms with Gasteiger partial charge in [-0.15, -0.1) is 0 Å². The highest BCUT2D eigenvalue weighted by Gasteiger charge is 2.17. The van der Waals surface area contributed by atoms with E-state index in [1.807, 2.05) is 66.4 Å². The number of urea groups is 1. The Bertz CT molecular complexity index is 1000. The van der Waals surface area contributed by atoms with Gasteiger partial charge in [0.2, 0.25) is 5.91 Å². The molecule has 0 radical (unpaired) electrons. The molecule has 3 rings (SSSR count). The molecule has 0 heterocycles. The topological polar surface area (TPSA) is 75.4 Å². The maximum atomic E-state index is 13.0. The summed E-state index contributed by atoms with van der Waals surface area (Å²) in [6.45, 7) is 3.25. The van der Waals surface area contributed by atoms with Crippen molar-refractivity contribution in [2.75, 3.05) is 6.54 Å². The minimum Gasteiger partial charge on any atom is -0.352 e. The zero-order valence-electron chi connectivity index (χ0n) is 17.2. The molecule has 0 unspecified atom stereocenters. The molecule has 0 spiro atoms. The van der Waals surface area contributed by atoms with Crippen molar-refractivity contribution in [2.45, 2.75) is 26.4 Å². The van der Waals surface area contributed by atoms with Gasteiger partial charge in [-0.3, -0.25) is 4.79 Å². The molecule has 0 aliphatic heterocycles. The molecule has 0 aliphatic rings. The van der Waals surface area contributed by atoms with Gasteiger partial charge in [-0.05, 0) is 34.7 Å². The number of carbonyl (C=O) groups is 2. The van der Waals surface area contributed by atoms with Crippen LogP contribution in [0.1, 0.15) is 23.1 Å². The van der Waals surface area contributed by atoms with E-state index in [0.717, 1.165) is 27.8 Å². The highest BCUT2D eigenvalue weighted by atomic mass is 16.2. The van der Waals surface area contributed by atoms with Crippen molar-refractivity contribution in [1.82, 2.24) is 10.2 Å². The van der Waals surface area contributed by atoms with E-state index < -0.39 is 6.03 Å². The summed E-state index contributed by atoms with van der Waals surface area (Å²) in [6, 6.07) is 25.7. The van der Waals surface area contributed by atoms with Crippen LogP contribution in [0.15, 0.2) is 78.9 Å². The van der Waals surface area contributed by atoms with Crippen molar-refractivity contribution in [1.29, 1.82) is 0 Å². The molecule has 5 nitrogen and oxygen atoms in total. The van der Waals surface area contributed by atoms with Gasteiger partial charge >= 0.3 is 6.03 Å². The second-order valence-corrected chi connectivity index (χ2v) is 7.24. The van der Waals surface area contributed by atoms with Crippen LogP contribution in [0.3, 0.4) is 0 Å². The first kappa shape index (κ1) is 21.1. The number of rotatable bonds is 8. The fourth-order valence-corrected chi connectivity index (χ4v) is 3.44. The van der Waals surface area contributed by atoms with Crippen LogP contribution in [-0.2, 0) is 17.9 Å². The van der Waals surface area contributed by atoms with Gasteiger partial charge in [0, 0.05) is 26.1 Å². The fourth-order valence-electron chi connectivity index (χ4n) is 3.44. The van der Waals surface area contributed by atoms with Crippen molar-refractivity contribution >= 4 is 11.9 Å². The molecule has 5 heteroatoms. The van der Waals surface area contributed by atoms with E-state index in [0.29, 0.717) is 13.1 Å². The minimum absolute atomic E-state index is 0.0325. The summed E-state index contributed by atoms with van der Waals surface area (Å²) in [6.07, 6.45) is 0.197. The van der Waals surface area contributed by atoms with E-state index in [-0.39, 0.29) is 18.9 Å². The molecule has 0 atom stereocenters. The third-order valence-electron chi connectivity index (χ3n) is 5.08. The number of hydrogen-bond donors (Lipinski definition) is 2. The summed E-state index contributed by atoms with van der Waals surface area (Å²) in [5.74, 6) is -0.0325. The predicted molar refractivity (Wildman–Crippen MR) is 120 cm³/mol. The quantitative estimate of drug-likeness (QED) is 0.592. The monoisotopic (exact) mass is 401 g/mol. The van der Waals surface area contributed by atoms with Crippen LogP contribution in [-0.4, -0.2) is 23.4 Å². The van der Waals surface area contributed by atoms with Gasteiger partial charge in [0.15, 0.2) is 0 Å². The Hall–Kier alpha value is -3.60. The lowest BCUT2D eigenvalue weighted by atomic mass is 9.99. The first-order valence-electron chi connectivity index (χ1n) is 10.0. The maximum Gasteiger partial charge on any atom is 0.312 e. The Morgan fingerprint density at radius 2 is 1.43 bits per heavy atom. The first-order valence-corrected chi connectivity index (χ1v) is 10.0. The maximum absolute atomic E-state index is 13.0. The van der Waals surface area contributed by atoms with Crippen LogP contribution in [0, 0.1) is 6.92 Å². The van der Waals surface area contributed by atoms with Crippen molar-refractivity contribution in [2.24, 2.45) is 5.73 Å². The van der Waals surface area contributed by atoms with Crippen LogP contribution >= 0.6 is 0 Å². The predicted octanol–water partition coefficient (Wildman–Crippen LogP) is 4.25. The third kappa shape index (κ3) is 5.70. The minimum atomic E-state index is -0.623. The van der Waals surface area contributed by atoms with Crippen LogP contribution in [0.5, 0.6) is 0 Å². The number of hydrogen-bond acceptors (Lipinski definition) is 2. The van der Waals surface area contributed by atoms with Crippen molar-refractivity contribution < 1.29 is 9.59 Å². The van der Waals surface area contributed by atoms with Crippen LogP contribution in [0.4, 0.5) is 4.79 Å². The van der Waals surface area contributed by atoms with Crippen molar-refractivity contribution in [3.05, 3.63) is 95.6 Å². The lowest BCUT2D eigenvalue weighted by Gasteiger charge is -2.25. The Labute approximate surface area is 177 Å². The highest BCUT2D eigenvalue weighted by molar-refractivity contribution is 5.78. The van der Waals surface area contributed by atoms with Gasteiger partial charge in [0.25, 0.3) is 0 Å². The zero-order chi connectivity index (χ0) is 21.3. The van der Waals surface area contributed by atoms with Crippen LogP contribution in [0.25, 0.3) is 11.1 Å². The Morgan fingerprint density at radius 1 is 0.833 bits per heavy atom. The smallest absolute Gasteiger partial charge is 0.312 e. The molecule has 0 saturated heterocycles. The summed E-state index contributed by atoms with van der Waals surface area (Å²) in [5.41, 5.74) is 10.7. The standard InChI is InChI=1S/C25H27N3O2/c1-19-9-5-6-12-21(19)17-28(24(29)15-16-27-25(26)30)18-22-13-7-8-14-23(22)20-10-3-2-4-11-20/h2-14H,15-18H2,1H3,(H3,26,27,30). The number of aryl methyl sites for hydroxylation is 1. The summed E-state index contributed by atoms with van der Waals surface area (Å²) < 4.78 is 0. The molecule has 3 N–H and O–H groups in total. The van der Waals surface area contributed by atoms with Gasteiger partial charge in [-0.1, -0.05) is 78.9 Å². The zero-order valence-corrected chi connectivity index (χ0v) is 17.2. The number of carbonyl (C=O) groups excluding carboxylic acids is 2. The SMILES string of the molecule is Cc1ccccc1CN(Cc1ccccc1-c1ccccc1)C(=O)CCNC(N)=O. The molecule has 0 fully saturated rings. The first-order chi connectivity index (χ1) is 14.5. The summed E-state index contributed by atoms with van der Waals surface area (Å²) in [5, 5.41) is 2.50. The van der Waals surface area contributed by atoms with E-state index >= 15 is 0 Å². The lowest BCUT2D eigenvalue weighted by Crippen LogP contribution is -2.36. The molecular formula is C25H27N3O2. The van der Waals surface area contributed by atoms with Crippen molar-refractivity contribution in [3.63, 3.8) is 0 Å². The second-order valence-electron chi connectivity index (χ2n) is 7.24. The summed E-state index contributed by atoms with van der Waals surface area (Å²) in [4.78, 5) is 25.8. The Morgan fingerprint density at radius 3 is 2.13 bits per heavy atom. The van der Waals surface area contributed by atoms with Gasteiger partial charge in [0.1, 0.15) is 0 Å². The van der Waals surface area contributed by atoms with E-state index in [9.17, 15) is 9.59 Å². The normalized spacial score (nSPS) is 10.4. The largest absolute Gasteiger partial charge is 0.352 e. The van der Waals surface area contributed by atoms with E-state index in [2.05, 4.69) is 29.6 Å². The number of benzene rings is 3. The number of nitrogens with one attached hydrogen (secondary N) is 1. The van der Waals surface area contributed by atoms with Crippen LogP contribution < -0.4 is 11.1 Å². The molecule has 3 aromatic carbocycles. The van der Waals surface area contributed by atoms with Gasteiger partial charge < -0.3 is 16.0 Å². The van der Waals surface area contributed by atoms with E-state index in [1.165, 1.54) is 0 Å². The second kappa shape index (κ2) is 10.3. The van der Waals surface area contributed by atoms with Gasteiger partial charge in [0.05, 0.1) is 0 Å². The molecule has 0 aliphatic carbocycles. The van der Waals surface area contributed by atoms with Crippen molar-refractivity contribution in [3.8, 4) is 11.1 Å². The number of nitrogens with two attached hydrogens (primary N) is 1. The van der Waals surface area contributed by atoms with Gasteiger partial charge in [-0.25, -0.2) is 4.79 Å². The third-order valence-corrected chi connectivity index (χ3v) is 5.08. The molecule has 3 aromatic rings. The summed E-state index contributed by atoms with van der Waals surface area (Å²) >= 11 is 0. The Kier molecular flexibility index (Phi) is 7.22. The molecule has 0 saturated carbocycles. The molecule has 154 valence electrons. The van der Waals surface area contributed by atoms with E-state index in [4.69, 9.17) is 5.73 Å². The molecule has 30 heavy (non-hydrogen) atoms. The highest BCUT2D eigenvalue weighted by Crippen LogP contribution is 2.25. The average molecular weight is 402 g/mol. The van der Waals surface area contributed by atoms with Crippen LogP contribution in [0.2, 0.25) is 0 Å². The number of primary amides is 1. The number of amides is 3. The molecule has 0 bridgehead atoms. The Balaban J connectivity index is 1.86. The molecule has 0 aromatic heterocycles. The summed E-state index contributed by atoms with van der Waals surface area (Å²) in [7, 11) is 0. The van der Waals surface area contributed by atoms with E-state index in [1.54, 1.807) is 0 Å². The van der Waals surface area contributed by atoms with Gasteiger partial charge in [-0.2, -0.15) is 0 Å². The molecule has 3 amide bonds. The number of nitrogens with zero attached hydrogens (tertiary/aromatic N) is 1.